The van der Waals surface area contributed by atoms with E-state index in [0.717, 1.165) is 12.6 Å². The highest BCUT2D eigenvalue weighted by Gasteiger charge is 2.11. The number of benzene rings is 1. The fourth-order valence-corrected chi connectivity index (χ4v) is 1.42. The van der Waals surface area contributed by atoms with Crippen LogP contribution in [0, 0.1) is 0 Å². The molecule has 0 bridgehead atoms. The highest BCUT2D eigenvalue weighted by Crippen LogP contribution is 2.24. The molecule has 0 heterocycles. The number of nitrogens with zero attached hydrogens (tertiary/aromatic N) is 1. The van der Waals surface area contributed by atoms with E-state index in [4.69, 9.17) is 16.3 Å². The molecule has 6 heteroatoms. The minimum Gasteiger partial charge on any atom is -0.465 e. The van der Waals surface area contributed by atoms with Crippen molar-refractivity contribution in [1.82, 2.24) is 0 Å². The largest absolute Gasteiger partial charge is 0.465 e. The summed E-state index contributed by atoms with van der Waals surface area (Å²) < 4.78 is 9.45. The van der Waals surface area contributed by atoms with Crippen molar-refractivity contribution in [2.24, 2.45) is 4.99 Å². The predicted octanol–water partition coefficient (Wildman–Crippen LogP) is 2.78. The second kappa shape index (κ2) is 7.53. The van der Waals surface area contributed by atoms with Gasteiger partial charge in [-0.3, -0.25) is 0 Å². The van der Waals surface area contributed by atoms with Gasteiger partial charge in [0.2, 0.25) is 0 Å². The summed E-state index contributed by atoms with van der Waals surface area (Å²) in [6, 6.07) is 4.50. The van der Waals surface area contributed by atoms with Gasteiger partial charge in [0, 0.05) is 5.02 Å². The van der Waals surface area contributed by atoms with Gasteiger partial charge in [0.15, 0.2) is 0 Å². The molecular formula is C13H14ClNO4. The predicted molar refractivity (Wildman–Crippen MR) is 72.2 cm³/mol. The van der Waals surface area contributed by atoms with Crippen molar-refractivity contribution in [2.45, 2.75) is 13.3 Å². The molecule has 0 N–H and O–H groups in total. The SMILES string of the molecule is CCCOC(=O)C=Nc1cc(Cl)ccc1C(=O)OC. The number of aliphatic imine (C=N–C) groups is 1. The Labute approximate surface area is 116 Å². The summed E-state index contributed by atoms with van der Waals surface area (Å²) in [5, 5.41) is 0.404. The van der Waals surface area contributed by atoms with Crippen molar-refractivity contribution in [3.05, 3.63) is 28.8 Å². The van der Waals surface area contributed by atoms with E-state index >= 15 is 0 Å². The molecule has 19 heavy (non-hydrogen) atoms. The van der Waals surface area contributed by atoms with Crippen LogP contribution in [0.1, 0.15) is 23.7 Å². The Morgan fingerprint density at radius 1 is 1.42 bits per heavy atom. The van der Waals surface area contributed by atoms with E-state index in [1.807, 2.05) is 6.92 Å². The number of hydrogen-bond donors (Lipinski definition) is 0. The van der Waals surface area contributed by atoms with Gasteiger partial charge in [0.25, 0.3) is 0 Å². The van der Waals surface area contributed by atoms with Crippen molar-refractivity contribution in [1.29, 1.82) is 0 Å². The Morgan fingerprint density at radius 3 is 2.79 bits per heavy atom. The zero-order valence-corrected chi connectivity index (χ0v) is 11.4. The molecule has 0 aliphatic rings. The Hall–Kier alpha value is -1.88. The molecule has 0 saturated heterocycles. The summed E-state index contributed by atoms with van der Waals surface area (Å²) in [6.07, 6.45) is 1.73. The first-order chi connectivity index (χ1) is 9.08. The van der Waals surface area contributed by atoms with E-state index < -0.39 is 11.9 Å². The lowest BCUT2D eigenvalue weighted by atomic mass is 10.2. The number of ether oxygens (including phenoxy) is 2. The van der Waals surface area contributed by atoms with Gasteiger partial charge in [0.05, 0.1) is 25.0 Å². The van der Waals surface area contributed by atoms with E-state index in [1.165, 1.54) is 19.2 Å². The minimum atomic E-state index is -0.572. The maximum Gasteiger partial charge on any atom is 0.349 e. The molecule has 0 aromatic heterocycles. The van der Waals surface area contributed by atoms with Crippen LogP contribution in [0.25, 0.3) is 0 Å². The third-order valence-corrected chi connectivity index (χ3v) is 2.36. The third-order valence-electron chi connectivity index (χ3n) is 2.12. The lowest BCUT2D eigenvalue weighted by molar-refractivity contribution is -0.135. The molecule has 102 valence electrons. The van der Waals surface area contributed by atoms with Crippen LogP contribution in [0.3, 0.4) is 0 Å². The van der Waals surface area contributed by atoms with Gasteiger partial charge in [-0.1, -0.05) is 18.5 Å². The zero-order valence-electron chi connectivity index (χ0n) is 10.7. The molecule has 0 fully saturated rings. The first-order valence-corrected chi connectivity index (χ1v) is 6.05. The van der Waals surface area contributed by atoms with Crippen molar-refractivity contribution in [3.63, 3.8) is 0 Å². The van der Waals surface area contributed by atoms with Gasteiger partial charge in [-0.2, -0.15) is 0 Å². The number of halogens is 1. The van der Waals surface area contributed by atoms with Crippen LogP contribution in [0.5, 0.6) is 0 Å². The molecule has 0 aliphatic heterocycles. The van der Waals surface area contributed by atoms with Crippen molar-refractivity contribution < 1.29 is 19.1 Å². The maximum atomic E-state index is 11.5. The molecule has 0 radical (unpaired) electrons. The Bertz CT molecular complexity index is 499. The third kappa shape index (κ3) is 4.71. The Balaban J connectivity index is 2.92. The van der Waals surface area contributed by atoms with Gasteiger partial charge >= 0.3 is 11.9 Å². The smallest absolute Gasteiger partial charge is 0.349 e. The Kier molecular flexibility index (Phi) is 6.02. The molecule has 5 nitrogen and oxygen atoms in total. The van der Waals surface area contributed by atoms with E-state index in [9.17, 15) is 9.59 Å². The summed E-state index contributed by atoms with van der Waals surface area (Å²) in [5.74, 6) is -1.12. The maximum absolute atomic E-state index is 11.5. The van der Waals surface area contributed by atoms with Crippen LogP contribution < -0.4 is 0 Å². The molecule has 0 amide bonds. The Morgan fingerprint density at radius 2 is 2.16 bits per heavy atom. The lowest BCUT2D eigenvalue weighted by Crippen LogP contribution is -2.06. The minimum absolute atomic E-state index is 0.228. The van der Waals surface area contributed by atoms with Crippen LogP contribution >= 0.6 is 11.6 Å². The van der Waals surface area contributed by atoms with E-state index in [2.05, 4.69) is 9.73 Å². The van der Waals surface area contributed by atoms with Crippen LogP contribution in [0.2, 0.25) is 5.02 Å². The standard InChI is InChI=1S/C13H14ClNO4/c1-3-6-19-12(16)8-15-11-7-9(14)4-5-10(11)13(17)18-2/h4-5,7-8H,3,6H2,1-2H3. The summed E-state index contributed by atoms with van der Waals surface area (Å²) in [6.45, 7) is 2.21. The molecule has 0 unspecified atom stereocenters. The van der Waals surface area contributed by atoms with Gasteiger partial charge in [-0.05, 0) is 24.6 Å². The van der Waals surface area contributed by atoms with Crippen LogP contribution in [-0.2, 0) is 14.3 Å². The molecule has 0 aliphatic carbocycles. The zero-order chi connectivity index (χ0) is 14.3. The summed E-state index contributed by atoms with van der Waals surface area (Å²) in [4.78, 5) is 26.7. The van der Waals surface area contributed by atoms with Crippen molar-refractivity contribution in [2.75, 3.05) is 13.7 Å². The van der Waals surface area contributed by atoms with Gasteiger partial charge < -0.3 is 9.47 Å². The molecule has 1 aromatic rings. The molecule has 1 rings (SSSR count). The van der Waals surface area contributed by atoms with Gasteiger partial charge in [-0.25, -0.2) is 14.6 Å². The quantitative estimate of drug-likeness (QED) is 0.616. The van der Waals surface area contributed by atoms with E-state index in [1.54, 1.807) is 6.07 Å². The molecule has 0 atom stereocenters. The van der Waals surface area contributed by atoms with Crippen LogP contribution in [0.4, 0.5) is 5.69 Å². The number of hydrogen-bond acceptors (Lipinski definition) is 5. The summed E-state index contributed by atoms with van der Waals surface area (Å²) in [7, 11) is 1.26. The monoisotopic (exact) mass is 283 g/mol. The van der Waals surface area contributed by atoms with Gasteiger partial charge in [-0.15, -0.1) is 0 Å². The second-order valence-corrected chi connectivity index (χ2v) is 4.02. The highest BCUT2D eigenvalue weighted by molar-refractivity contribution is 6.31. The first kappa shape index (κ1) is 15.2. The molecule has 0 spiro atoms. The average molecular weight is 284 g/mol. The fourth-order valence-electron chi connectivity index (χ4n) is 1.26. The molecule has 0 saturated carbocycles. The lowest BCUT2D eigenvalue weighted by Gasteiger charge is -2.04. The first-order valence-electron chi connectivity index (χ1n) is 5.67. The highest BCUT2D eigenvalue weighted by atomic mass is 35.5. The van der Waals surface area contributed by atoms with Crippen LogP contribution in [0.15, 0.2) is 23.2 Å². The topological polar surface area (TPSA) is 65.0 Å². The number of rotatable bonds is 5. The summed E-state index contributed by atoms with van der Waals surface area (Å²) >= 11 is 5.82. The fraction of sp³-hybridized carbons (Fsp3) is 0.308. The number of methoxy groups -OCH3 is 1. The van der Waals surface area contributed by atoms with E-state index in [-0.39, 0.29) is 11.3 Å². The molecule has 1 aromatic carbocycles. The van der Waals surface area contributed by atoms with E-state index in [0.29, 0.717) is 11.6 Å². The van der Waals surface area contributed by atoms with Crippen LogP contribution in [-0.4, -0.2) is 31.9 Å². The normalized spacial score (nSPS) is 10.5. The number of carbonyl (C=O) groups excluding carboxylic acids is 2. The number of carbonyl (C=O) groups is 2. The second-order valence-electron chi connectivity index (χ2n) is 3.58. The van der Waals surface area contributed by atoms with Crippen molar-refractivity contribution in [3.8, 4) is 0 Å². The number of esters is 2. The average Bonchev–Trinajstić information content (AvgIpc) is 2.42. The van der Waals surface area contributed by atoms with Crippen molar-refractivity contribution >= 4 is 35.4 Å². The summed E-state index contributed by atoms with van der Waals surface area (Å²) in [5.41, 5.74) is 0.485. The van der Waals surface area contributed by atoms with Gasteiger partial charge in [0.1, 0.15) is 6.21 Å². The molecular weight excluding hydrogens is 270 g/mol.